The Morgan fingerprint density at radius 1 is 0.545 bits per heavy atom. The van der Waals surface area contributed by atoms with Crippen molar-refractivity contribution in [1.82, 2.24) is 0 Å². The summed E-state index contributed by atoms with van der Waals surface area (Å²) >= 11 is -2.15. The van der Waals surface area contributed by atoms with Crippen LogP contribution in [0, 0.1) is 11.8 Å². The Bertz CT molecular complexity index is 1000. The summed E-state index contributed by atoms with van der Waals surface area (Å²) in [7, 11) is 0. The van der Waals surface area contributed by atoms with E-state index >= 15 is 0 Å². The van der Waals surface area contributed by atoms with Crippen LogP contribution >= 0.6 is 0 Å². The van der Waals surface area contributed by atoms with Crippen molar-refractivity contribution in [2.24, 2.45) is 11.8 Å². The molecule has 0 amide bonds. The molecule has 1 saturated heterocycles. The first-order valence-corrected chi connectivity index (χ1v) is 17.0. The molecule has 3 heteroatoms. The average Bonchev–Trinajstić information content (AvgIpc) is 3.34. The number of allylic oxidation sites excluding steroid dienone is 2. The molecule has 1 aliphatic heterocycles. The predicted octanol–water partition coefficient (Wildman–Crippen LogP) is 2.66. The van der Waals surface area contributed by atoms with Gasteiger partial charge >= 0.3 is 192 Å². The van der Waals surface area contributed by atoms with Gasteiger partial charge in [0.15, 0.2) is 0 Å². The van der Waals surface area contributed by atoms with Crippen LogP contribution in [-0.2, 0) is 16.6 Å². The van der Waals surface area contributed by atoms with E-state index in [2.05, 4.69) is 60.7 Å². The summed E-state index contributed by atoms with van der Waals surface area (Å²) < 4.78 is 4.85. The summed E-state index contributed by atoms with van der Waals surface area (Å²) in [6, 6.07) is 19.1. The predicted molar refractivity (Wildman–Crippen MR) is 128 cm³/mol. The fourth-order valence-corrected chi connectivity index (χ4v) is 18.6. The smallest absolute Gasteiger partial charge is 1.00 e. The largest absolute Gasteiger partial charge is 1.00 e. The molecule has 2 aromatic rings. The third-order valence-electron chi connectivity index (χ3n) is 9.56. The van der Waals surface area contributed by atoms with E-state index in [4.69, 9.17) is 0 Å². The van der Waals surface area contributed by atoms with Crippen LogP contribution in [0.5, 0.6) is 0 Å². The Morgan fingerprint density at radius 3 is 1.33 bits per heavy atom. The van der Waals surface area contributed by atoms with Gasteiger partial charge in [0.05, 0.1) is 0 Å². The van der Waals surface area contributed by atoms with Crippen LogP contribution in [0.25, 0.3) is 12.2 Å². The van der Waals surface area contributed by atoms with Gasteiger partial charge < -0.3 is 24.8 Å². The van der Waals surface area contributed by atoms with Gasteiger partial charge in [0.1, 0.15) is 0 Å². The fraction of sp³-hybridized carbons (Fsp3) is 0.467. The van der Waals surface area contributed by atoms with Gasteiger partial charge in [-0.2, -0.15) is 0 Å². The van der Waals surface area contributed by atoms with Gasteiger partial charge in [0, 0.05) is 0 Å². The normalized spacial score (nSPS) is 26.3. The molecule has 5 aliphatic rings. The molecule has 0 radical (unpaired) electrons. The van der Waals surface area contributed by atoms with E-state index in [0.29, 0.717) is 0 Å². The number of hydrogen-bond acceptors (Lipinski definition) is 0. The van der Waals surface area contributed by atoms with Gasteiger partial charge in [-0.15, -0.1) is 0 Å². The summed E-state index contributed by atoms with van der Waals surface area (Å²) in [5, 5.41) is 0. The van der Waals surface area contributed by atoms with E-state index in [1.807, 2.05) is 11.1 Å². The van der Waals surface area contributed by atoms with Crippen molar-refractivity contribution in [1.29, 1.82) is 0 Å². The maximum atomic E-state index is 2.68. The second kappa shape index (κ2) is 9.35. The molecule has 0 bridgehead atoms. The Balaban J connectivity index is 0.00000114. The monoisotopic (exact) mass is 512 g/mol. The van der Waals surface area contributed by atoms with Gasteiger partial charge in [-0.25, -0.2) is 0 Å². The van der Waals surface area contributed by atoms with Crippen LogP contribution in [0.1, 0.15) is 82.1 Å². The minimum atomic E-state index is -2.15. The van der Waals surface area contributed by atoms with Crippen molar-refractivity contribution in [2.75, 3.05) is 0 Å². The van der Waals surface area contributed by atoms with Gasteiger partial charge in [0.25, 0.3) is 0 Å². The zero-order valence-corrected chi connectivity index (χ0v) is 22.5. The van der Waals surface area contributed by atoms with E-state index < -0.39 is 16.6 Å². The van der Waals surface area contributed by atoms with Crippen molar-refractivity contribution in [3.05, 3.63) is 81.9 Å². The van der Waals surface area contributed by atoms with Crippen LogP contribution in [-0.4, -0.2) is 0 Å². The molecule has 1 heterocycles. The topological polar surface area (TPSA) is 0 Å². The Labute approximate surface area is 215 Å². The Kier molecular flexibility index (Phi) is 6.78. The van der Waals surface area contributed by atoms with Crippen molar-refractivity contribution >= 4 is 12.2 Å². The number of halogens is 2. The van der Waals surface area contributed by atoms with Crippen LogP contribution in [0.4, 0.5) is 0 Å². The maximum Gasteiger partial charge on any atom is -1.00 e. The number of fused-ring (bicyclic) bond motifs is 2. The molecule has 2 saturated carbocycles. The van der Waals surface area contributed by atoms with Crippen molar-refractivity contribution in [3.8, 4) is 0 Å². The Morgan fingerprint density at radius 2 is 0.939 bits per heavy atom. The minimum Gasteiger partial charge on any atom is -1.00 e. The molecular weight excluding hydrogens is 479 g/mol. The molecule has 0 spiro atoms. The summed E-state index contributed by atoms with van der Waals surface area (Å²) in [6.45, 7) is 0. The molecule has 2 unspecified atom stereocenters. The number of hydrogen-bond donors (Lipinski definition) is 0. The molecule has 3 fully saturated rings. The van der Waals surface area contributed by atoms with Crippen LogP contribution in [0.2, 0.25) is 9.45 Å². The molecule has 172 valence electrons. The first kappa shape index (κ1) is 23.9. The maximum absolute atomic E-state index is 2.68. The van der Waals surface area contributed by atoms with Crippen molar-refractivity contribution in [3.63, 3.8) is 0 Å². The van der Waals surface area contributed by atoms with Crippen LogP contribution in [0.15, 0.2) is 59.7 Å². The average molecular weight is 513 g/mol. The summed E-state index contributed by atoms with van der Waals surface area (Å²) in [4.78, 5) is 0. The quantitative estimate of drug-likeness (QED) is 0.552. The summed E-state index contributed by atoms with van der Waals surface area (Å²) in [6.07, 6.45) is 16.9. The SMILES string of the molecule is C1=C(C2CCCC2)[CH]([Ti+2]2([CH]3C(C4CCCC4)=Cc4ccccc43)[CH2][CH2]2)c2ccccc21.[Cl-].[Cl-]. The molecule has 7 rings (SSSR count). The molecule has 2 atom stereocenters. The van der Waals surface area contributed by atoms with E-state index in [9.17, 15) is 0 Å². The summed E-state index contributed by atoms with van der Waals surface area (Å²) in [5.74, 6) is 1.74. The minimum absolute atomic E-state index is 0. The molecule has 33 heavy (non-hydrogen) atoms. The molecule has 2 aromatic carbocycles. The van der Waals surface area contributed by atoms with E-state index in [0.717, 1.165) is 20.3 Å². The van der Waals surface area contributed by atoms with Gasteiger partial charge in [0.2, 0.25) is 0 Å². The zero-order chi connectivity index (χ0) is 20.4. The van der Waals surface area contributed by atoms with E-state index in [1.165, 1.54) is 51.4 Å². The third kappa shape index (κ3) is 3.76. The Hall–Kier alpha value is -0.786. The van der Waals surface area contributed by atoms with E-state index in [1.54, 1.807) is 31.7 Å². The molecule has 0 aromatic heterocycles. The van der Waals surface area contributed by atoms with Gasteiger partial charge in [-0.1, -0.05) is 0 Å². The van der Waals surface area contributed by atoms with Gasteiger partial charge in [-0.3, -0.25) is 0 Å². The molecule has 0 nitrogen and oxygen atoms in total. The zero-order valence-electron chi connectivity index (χ0n) is 19.4. The van der Waals surface area contributed by atoms with Crippen LogP contribution in [0.3, 0.4) is 0 Å². The van der Waals surface area contributed by atoms with E-state index in [-0.39, 0.29) is 24.8 Å². The van der Waals surface area contributed by atoms with Gasteiger partial charge in [-0.05, 0) is 0 Å². The first-order valence-electron chi connectivity index (χ1n) is 13.0. The second-order valence-electron chi connectivity index (χ2n) is 11.1. The molecule has 0 N–H and O–H groups in total. The number of rotatable bonds is 4. The first-order chi connectivity index (χ1) is 15.4. The number of benzene rings is 2. The second-order valence-corrected chi connectivity index (χ2v) is 18.3. The third-order valence-corrected chi connectivity index (χ3v) is 17.7. The standard InChI is InChI=1S/2C14H15.C2H4.2ClH.Ti/c2*1-2-6-11(5-1)14-9-12-7-3-4-8-13(12)10-14;1-2;;;/h2*3-4,7-11H,1-2,5-6H2;1-2H2;2*1H;/q;;;;;+2/p-2. The summed E-state index contributed by atoms with van der Waals surface area (Å²) in [5.41, 5.74) is 10.4. The van der Waals surface area contributed by atoms with Crippen molar-refractivity contribution < 1.29 is 41.4 Å². The molecule has 4 aliphatic carbocycles. The van der Waals surface area contributed by atoms with Crippen molar-refractivity contribution in [2.45, 2.75) is 69.3 Å². The van der Waals surface area contributed by atoms with Crippen LogP contribution < -0.4 is 24.8 Å². The fourth-order valence-electron chi connectivity index (χ4n) is 8.09. The molecular formula is C30H34Cl2Ti.